The molecule has 1 aromatic carbocycles. The van der Waals surface area contributed by atoms with E-state index in [-0.39, 0.29) is 6.29 Å². The highest BCUT2D eigenvalue weighted by molar-refractivity contribution is 6.83. The van der Waals surface area contributed by atoms with E-state index in [1.807, 2.05) is 0 Å². The molecule has 1 unspecified atom stereocenters. The van der Waals surface area contributed by atoms with Gasteiger partial charge in [-0.1, -0.05) is 20.2 Å². The van der Waals surface area contributed by atoms with Gasteiger partial charge < -0.3 is 9.47 Å². The molecule has 0 amide bonds. The van der Waals surface area contributed by atoms with Crippen molar-refractivity contribution >= 4 is 8.07 Å². The van der Waals surface area contributed by atoms with Gasteiger partial charge in [0.2, 0.25) is 0 Å². The molecule has 1 fully saturated rings. The van der Waals surface area contributed by atoms with Crippen LogP contribution in [0.25, 0.3) is 0 Å². The molecular weight excluding hydrogens is 264 g/mol. The second-order valence-corrected chi connectivity index (χ2v) is 11.1. The number of ether oxygens (including phenoxy) is 2. The molecule has 20 heavy (non-hydrogen) atoms. The average molecular weight is 288 g/mol. The van der Waals surface area contributed by atoms with Crippen LogP contribution in [0.1, 0.15) is 30.4 Å². The molecule has 2 nitrogen and oxygen atoms in total. The highest BCUT2D eigenvalue weighted by Gasteiger charge is 2.13. The summed E-state index contributed by atoms with van der Waals surface area (Å²) in [5, 5.41) is 0. The summed E-state index contributed by atoms with van der Waals surface area (Å²) >= 11 is 0. The van der Waals surface area contributed by atoms with Crippen molar-refractivity contribution in [2.45, 2.75) is 51.8 Å². The largest absolute Gasteiger partial charge is 0.353 e. The Hall–Kier alpha value is -1.08. The third kappa shape index (κ3) is 5.50. The number of rotatable bonds is 3. The van der Waals surface area contributed by atoms with Gasteiger partial charge in [0.05, 0.1) is 6.61 Å². The van der Waals surface area contributed by atoms with Gasteiger partial charge in [0, 0.05) is 12.2 Å². The van der Waals surface area contributed by atoms with Crippen molar-refractivity contribution in [3.05, 3.63) is 35.4 Å². The van der Waals surface area contributed by atoms with Gasteiger partial charge in [-0.2, -0.15) is 19.6 Å². The van der Waals surface area contributed by atoms with E-state index in [0.717, 1.165) is 25.0 Å². The fraction of sp³-hybridized carbons (Fsp3) is 0.529. The van der Waals surface area contributed by atoms with E-state index in [1.54, 1.807) is 0 Å². The molecule has 1 aromatic rings. The molecule has 3 heteroatoms. The van der Waals surface area contributed by atoms with E-state index >= 15 is 0 Å². The van der Waals surface area contributed by atoms with Gasteiger partial charge in [-0.15, -0.1) is 5.92 Å². The van der Waals surface area contributed by atoms with Crippen molar-refractivity contribution in [1.29, 1.82) is 0 Å². The van der Waals surface area contributed by atoms with Gasteiger partial charge in [-0.3, -0.25) is 5.54 Å². The van der Waals surface area contributed by atoms with Crippen LogP contribution in [0.5, 0.6) is 0 Å². The first-order valence-corrected chi connectivity index (χ1v) is 10.9. The van der Waals surface area contributed by atoms with Gasteiger partial charge in [0.15, 0.2) is 6.29 Å². The minimum atomic E-state index is -1.32. The lowest BCUT2D eigenvalue weighted by molar-refractivity contribution is -0.168. The second-order valence-electron chi connectivity index (χ2n) is 6.31. The van der Waals surface area contributed by atoms with Gasteiger partial charge in [-0.25, -0.2) is 0 Å². The van der Waals surface area contributed by atoms with Crippen LogP contribution in [0.2, 0.25) is 19.6 Å². The van der Waals surface area contributed by atoms with E-state index in [2.05, 4.69) is 55.4 Å². The molecule has 0 radical (unpaired) electrons. The van der Waals surface area contributed by atoms with E-state index < -0.39 is 8.07 Å². The van der Waals surface area contributed by atoms with Crippen LogP contribution in [0.15, 0.2) is 24.3 Å². The summed E-state index contributed by atoms with van der Waals surface area (Å²) in [6.07, 6.45) is 3.34. The molecule has 1 atom stereocenters. The van der Waals surface area contributed by atoms with E-state index in [1.165, 1.54) is 12.0 Å². The van der Waals surface area contributed by atoms with Crippen LogP contribution in [0, 0.1) is 11.5 Å². The zero-order chi connectivity index (χ0) is 14.4. The Morgan fingerprint density at radius 3 is 2.85 bits per heavy atom. The Bertz CT molecular complexity index is 488. The van der Waals surface area contributed by atoms with Crippen molar-refractivity contribution in [2.75, 3.05) is 6.61 Å². The first kappa shape index (κ1) is 15.3. The summed E-state index contributed by atoms with van der Waals surface area (Å²) in [6, 6.07) is 8.32. The Morgan fingerprint density at radius 2 is 2.15 bits per heavy atom. The standard InChI is InChI=1S/C17H24O2Si/c1-20(2,3)12-10-15-7-6-8-16(13-15)14-19-17-9-4-5-11-18-17/h6-8,13,17H,4-5,9,11,14H2,1-3H3/q-1. The van der Waals surface area contributed by atoms with Crippen LogP contribution >= 0.6 is 0 Å². The lowest BCUT2D eigenvalue weighted by atomic mass is 10.1. The highest BCUT2D eigenvalue weighted by Crippen LogP contribution is 2.16. The van der Waals surface area contributed by atoms with Crippen LogP contribution < -0.4 is 0 Å². The molecule has 1 saturated heterocycles. The van der Waals surface area contributed by atoms with Gasteiger partial charge in [-0.05, 0) is 37.0 Å². The first-order valence-electron chi connectivity index (χ1n) is 7.38. The second kappa shape index (κ2) is 7.08. The summed E-state index contributed by atoms with van der Waals surface area (Å²) < 4.78 is 11.4. The number of hydrogen-bond donors (Lipinski definition) is 0. The highest BCUT2D eigenvalue weighted by atomic mass is 28.3. The summed E-state index contributed by atoms with van der Waals surface area (Å²) in [5.74, 6) is 3.29. The number of hydrogen-bond acceptors (Lipinski definition) is 2. The van der Waals surface area contributed by atoms with E-state index in [0.29, 0.717) is 6.61 Å². The summed E-state index contributed by atoms with van der Waals surface area (Å²) in [4.78, 5) is 0. The predicted octanol–water partition coefficient (Wildman–Crippen LogP) is 3.96. The van der Waals surface area contributed by atoms with Crippen molar-refractivity contribution in [1.82, 2.24) is 0 Å². The molecule has 0 aliphatic carbocycles. The van der Waals surface area contributed by atoms with Gasteiger partial charge in [0.25, 0.3) is 0 Å². The molecular formula is C17H24O2Si-. The zero-order valence-electron chi connectivity index (χ0n) is 12.7. The van der Waals surface area contributed by atoms with Crippen LogP contribution in [0.3, 0.4) is 0 Å². The molecule has 0 N–H and O–H groups in total. The smallest absolute Gasteiger partial charge is 0.158 e. The minimum absolute atomic E-state index is 0.0273. The normalized spacial score (nSPS) is 19.2. The maximum atomic E-state index is 5.81. The molecule has 2 rings (SSSR count). The SMILES string of the molecule is C[Si-](C)(C)C#Cc1cccc(COC2CCCCO2)c1. The third-order valence-electron chi connectivity index (χ3n) is 3.08. The van der Waals surface area contributed by atoms with Crippen molar-refractivity contribution in [2.24, 2.45) is 0 Å². The molecule has 0 bridgehead atoms. The molecule has 1 aliphatic heterocycles. The monoisotopic (exact) mass is 288 g/mol. The van der Waals surface area contributed by atoms with Crippen molar-refractivity contribution < 1.29 is 9.47 Å². The molecule has 1 heterocycles. The summed E-state index contributed by atoms with van der Waals surface area (Å²) in [7, 11) is -1.32. The Morgan fingerprint density at radius 1 is 1.30 bits per heavy atom. The van der Waals surface area contributed by atoms with Crippen molar-refractivity contribution in [3.63, 3.8) is 0 Å². The summed E-state index contributed by atoms with van der Waals surface area (Å²) in [6.45, 7) is 8.20. The van der Waals surface area contributed by atoms with E-state index in [9.17, 15) is 0 Å². The third-order valence-corrected chi connectivity index (χ3v) is 3.96. The topological polar surface area (TPSA) is 18.5 Å². The molecule has 0 spiro atoms. The van der Waals surface area contributed by atoms with Crippen LogP contribution in [-0.4, -0.2) is 21.0 Å². The van der Waals surface area contributed by atoms with E-state index in [4.69, 9.17) is 9.47 Å². The molecule has 0 saturated carbocycles. The predicted molar refractivity (Wildman–Crippen MR) is 85.0 cm³/mol. The Kier molecular flexibility index (Phi) is 5.42. The first-order chi connectivity index (χ1) is 9.53. The fourth-order valence-corrected chi connectivity index (χ4v) is 2.55. The fourth-order valence-electron chi connectivity index (χ4n) is 2.03. The number of benzene rings is 1. The quantitative estimate of drug-likeness (QED) is 0.619. The molecule has 109 valence electrons. The van der Waals surface area contributed by atoms with Crippen LogP contribution in [-0.2, 0) is 16.1 Å². The Balaban J connectivity index is 1.93. The van der Waals surface area contributed by atoms with Crippen LogP contribution in [0.4, 0.5) is 0 Å². The average Bonchev–Trinajstić information content (AvgIpc) is 2.44. The summed E-state index contributed by atoms with van der Waals surface area (Å²) in [5.41, 5.74) is 5.64. The maximum Gasteiger partial charge on any atom is 0.158 e. The van der Waals surface area contributed by atoms with Crippen molar-refractivity contribution in [3.8, 4) is 11.5 Å². The van der Waals surface area contributed by atoms with Gasteiger partial charge >= 0.3 is 0 Å². The minimum Gasteiger partial charge on any atom is -0.353 e. The Labute approximate surface area is 123 Å². The van der Waals surface area contributed by atoms with Gasteiger partial charge in [0.1, 0.15) is 0 Å². The lowest BCUT2D eigenvalue weighted by Crippen LogP contribution is -2.22. The lowest BCUT2D eigenvalue weighted by Gasteiger charge is -2.22. The zero-order valence-corrected chi connectivity index (χ0v) is 13.7. The molecule has 0 aromatic heterocycles. The molecule has 1 aliphatic rings. The maximum absolute atomic E-state index is 5.81.